The second-order valence-electron chi connectivity index (χ2n) is 3.64. The van der Waals surface area contributed by atoms with Crippen LogP contribution in [0.2, 0.25) is 0 Å². The van der Waals surface area contributed by atoms with Crippen molar-refractivity contribution in [3.05, 3.63) is 29.8 Å². The van der Waals surface area contributed by atoms with Crippen LogP contribution in [-0.2, 0) is 16.1 Å². The second kappa shape index (κ2) is 6.00. The minimum absolute atomic E-state index is 0.330. The van der Waals surface area contributed by atoms with Gasteiger partial charge in [0.15, 0.2) is 0 Å². The summed E-state index contributed by atoms with van der Waals surface area (Å²) in [6, 6.07) is 6.35. The maximum atomic E-state index is 10.9. The van der Waals surface area contributed by atoms with Gasteiger partial charge in [-0.3, -0.25) is 9.59 Å². The Hall–Kier alpha value is -1.88. The minimum Gasteiger partial charge on any atom is -0.480 e. The van der Waals surface area contributed by atoms with Gasteiger partial charge < -0.3 is 15.2 Å². The van der Waals surface area contributed by atoms with Crippen LogP contribution in [0.25, 0.3) is 0 Å². The zero-order chi connectivity index (χ0) is 12.8. The van der Waals surface area contributed by atoms with E-state index in [0.717, 1.165) is 5.56 Å². The van der Waals surface area contributed by atoms with E-state index in [1.54, 1.807) is 31.2 Å². The van der Waals surface area contributed by atoms with Gasteiger partial charge in [-0.05, 0) is 13.0 Å². The number of hydrogen-bond donors (Lipinski definition) is 2. The van der Waals surface area contributed by atoms with Gasteiger partial charge >= 0.3 is 11.9 Å². The van der Waals surface area contributed by atoms with Crippen molar-refractivity contribution in [3.63, 3.8) is 0 Å². The molecule has 0 aliphatic heterocycles. The highest BCUT2D eigenvalue weighted by molar-refractivity contribution is 5.73. The summed E-state index contributed by atoms with van der Waals surface area (Å²) in [6.07, 6.45) is 0. The summed E-state index contributed by atoms with van der Waals surface area (Å²) >= 11 is 0. The number of carboxylic acid groups (broad SMARTS) is 1. The van der Waals surface area contributed by atoms with E-state index in [2.05, 4.69) is 5.32 Å². The number of ether oxygens (including phenoxy) is 1. The van der Waals surface area contributed by atoms with Crippen molar-refractivity contribution in [2.24, 2.45) is 0 Å². The van der Waals surface area contributed by atoms with Crippen LogP contribution in [0, 0.1) is 0 Å². The Labute approximate surface area is 99.4 Å². The SMILES string of the molecule is CC(=O)Oc1ccccc1CNC(C)C(=O)O. The molecule has 0 bridgehead atoms. The van der Waals surface area contributed by atoms with E-state index in [9.17, 15) is 9.59 Å². The van der Waals surface area contributed by atoms with E-state index < -0.39 is 18.0 Å². The Kier molecular flexibility index (Phi) is 4.66. The first-order chi connectivity index (χ1) is 8.00. The molecule has 1 aromatic carbocycles. The molecule has 0 heterocycles. The molecule has 0 aromatic heterocycles. The first-order valence-corrected chi connectivity index (χ1v) is 5.23. The van der Waals surface area contributed by atoms with Gasteiger partial charge in [0.1, 0.15) is 11.8 Å². The predicted molar refractivity (Wildman–Crippen MR) is 61.7 cm³/mol. The Morgan fingerprint density at radius 1 is 1.41 bits per heavy atom. The third kappa shape index (κ3) is 4.24. The van der Waals surface area contributed by atoms with E-state index in [0.29, 0.717) is 12.3 Å². The van der Waals surface area contributed by atoms with Gasteiger partial charge in [0.25, 0.3) is 0 Å². The quantitative estimate of drug-likeness (QED) is 0.594. The van der Waals surface area contributed by atoms with E-state index in [1.807, 2.05) is 0 Å². The van der Waals surface area contributed by atoms with E-state index >= 15 is 0 Å². The van der Waals surface area contributed by atoms with Crippen LogP contribution in [0.4, 0.5) is 0 Å². The number of aliphatic carboxylic acids is 1. The van der Waals surface area contributed by atoms with Crippen molar-refractivity contribution in [1.29, 1.82) is 0 Å². The number of benzene rings is 1. The molecule has 17 heavy (non-hydrogen) atoms. The Balaban J connectivity index is 2.70. The third-order valence-corrected chi connectivity index (χ3v) is 2.20. The molecule has 5 nitrogen and oxygen atoms in total. The fourth-order valence-corrected chi connectivity index (χ4v) is 1.25. The van der Waals surface area contributed by atoms with E-state index in [4.69, 9.17) is 9.84 Å². The third-order valence-electron chi connectivity index (χ3n) is 2.20. The van der Waals surface area contributed by atoms with Crippen molar-refractivity contribution < 1.29 is 19.4 Å². The normalized spacial score (nSPS) is 11.9. The standard InChI is InChI=1S/C12H15NO4/c1-8(12(15)16)13-7-10-5-3-4-6-11(10)17-9(2)14/h3-6,8,13H,7H2,1-2H3,(H,15,16). The number of hydrogen-bond acceptors (Lipinski definition) is 4. The topological polar surface area (TPSA) is 75.6 Å². The molecule has 5 heteroatoms. The van der Waals surface area contributed by atoms with Gasteiger partial charge in [0, 0.05) is 19.0 Å². The highest BCUT2D eigenvalue weighted by atomic mass is 16.5. The van der Waals surface area contributed by atoms with Gasteiger partial charge in [0.2, 0.25) is 0 Å². The monoisotopic (exact) mass is 237 g/mol. The van der Waals surface area contributed by atoms with Crippen LogP contribution in [0.5, 0.6) is 5.75 Å². The molecule has 0 aliphatic carbocycles. The molecule has 0 radical (unpaired) electrons. The number of esters is 1. The van der Waals surface area contributed by atoms with E-state index in [-0.39, 0.29) is 0 Å². The van der Waals surface area contributed by atoms with Gasteiger partial charge in [-0.25, -0.2) is 0 Å². The van der Waals surface area contributed by atoms with Crippen LogP contribution in [0.3, 0.4) is 0 Å². The highest BCUT2D eigenvalue weighted by Crippen LogP contribution is 2.17. The summed E-state index contributed by atoms with van der Waals surface area (Å²) in [6.45, 7) is 3.21. The molecule has 92 valence electrons. The smallest absolute Gasteiger partial charge is 0.320 e. The average molecular weight is 237 g/mol. The molecular weight excluding hydrogens is 222 g/mol. The lowest BCUT2D eigenvalue weighted by molar-refractivity contribution is -0.139. The largest absolute Gasteiger partial charge is 0.480 e. The Bertz CT molecular complexity index is 417. The molecule has 0 fully saturated rings. The van der Waals surface area contributed by atoms with Gasteiger partial charge in [-0.1, -0.05) is 18.2 Å². The van der Waals surface area contributed by atoms with Crippen LogP contribution in [0.15, 0.2) is 24.3 Å². The number of rotatable bonds is 5. The fourth-order valence-electron chi connectivity index (χ4n) is 1.25. The number of carbonyl (C=O) groups excluding carboxylic acids is 1. The van der Waals surface area contributed by atoms with Gasteiger partial charge in [-0.2, -0.15) is 0 Å². The lowest BCUT2D eigenvalue weighted by atomic mass is 10.2. The van der Waals surface area contributed by atoms with Crippen molar-refractivity contribution in [2.75, 3.05) is 0 Å². The minimum atomic E-state index is -0.921. The molecule has 1 aromatic rings. The summed E-state index contributed by atoms with van der Waals surface area (Å²) in [5.41, 5.74) is 0.746. The number of para-hydroxylation sites is 1. The first-order valence-electron chi connectivity index (χ1n) is 5.23. The van der Waals surface area contributed by atoms with Crippen LogP contribution >= 0.6 is 0 Å². The van der Waals surface area contributed by atoms with E-state index in [1.165, 1.54) is 6.92 Å². The molecule has 0 aliphatic rings. The van der Waals surface area contributed by atoms with Crippen LogP contribution in [0.1, 0.15) is 19.4 Å². The molecule has 1 rings (SSSR count). The zero-order valence-electron chi connectivity index (χ0n) is 9.77. The fraction of sp³-hybridized carbons (Fsp3) is 0.333. The molecular formula is C12H15NO4. The first kappa shape index (κ1) is 13.2. The lowest BCUT2D eigenvalue weighted by Crippen LogP contribution is -2.33. The molecule has 0 spiro atoms. The molecule has 1 unspecified atom stereocenters. The van der Waals surface area contributed by atoms with Gasteiger partial charge in [0.05, 0.1) is 0 Å². The zero-order valence-corrected chi connectivity index (χ0v) is 9.77. The molecule has 0 amide bonds. The average Bonchev–Trinajstić information content (AvgIpc) is 2.26. The summed E-state index contributed by atoms with van der Waals surface area (Å²) in [7, 11) is 0. The van der Waals surface area contributed by atoms with Crippen molar-refractivity contribution >= 4 is 11.9 Å². The summed E-state index contributed by atoms with van der Waals surface area (Å²) in [5, 5.41) is 11.5. The molecule has 0 saturated heterocycles. The maximum absolute atomic E-state index is 10.9. The molecule has 2 N–H and O–H groups in total. The van der Waals surface area contributed by atoms with Crippen LogP contribution in [-0.4, -0.2) is 23.1 Å². The van der Waals surface area contributed by atoms with Crippen molar-refractivity contribution in [2.45, 2.75) is 26.4 Å². The number of carboxylic acids is 1. The lowest BCUT2D eigenvalue weighted by Gasteiger charge is -2.12. The summed E-state index contributed by atoms with van der Waals surface area (Å²) in [5.74, 6) is -0.871. The molecule has 1 atom stereocenters. The number of nitrogens with one attached hydrogen (secondary N) is 1. The maximum Gasteiger partial charge on any atom is 0.320 e. The second-order valence-corrected chi connectivity index (χ2v) is 3.64. The Morgan fingerprint density at radius 3 is 2.65 bits per heavy atom. The number of carbonyl (C=O) groups is 2. The molecule has 0 saturated carbocycles. The summed E-state index contributed by atoms with van der Waals surface area (Å²) in [4.78, 5) is 21.5. The Morgan fingerprint density at radius 2 is 2.06 bits per heavy atom. The van der Waals surface area contributed by atoms with Gasteiger partial charge in [-0.15, -0.1) is 0 Å². The summed E-state index contributed by atoms with van der Waals surface area (Å²) < 4.78 is 5.01. The van der Waals surface area contributed by atoms with Crippen LogP contribution < -0.4 is 10.1 Å². The van der Waals surface area contributed by atoms with Crippen molar-refractivity contribution in [1.82, 2.24) is 5.32 Å². The predicted octanol–water partition coefficient (Wildman–Crippen LogP) is 1.17. The highest BCUT2D eigenvalue weighted by Gasteiger charge is 2.11. The van der Waals surface area contributed by atoms with Crippen molar-refractivity contribution in [3.8, 4) is 5.75 Å².